The Morgan fingerprint density at radius 1 is 1.23 bits per heavy atom. The van der Waals surface area contributed by atoms with Crippen LogP contribution < -0.4 is 0 Å². The van der Waals surface area contributed by atoms with E-state index in [1.807, 2.05) is 32.0 Å². The lowest BCUT2D eigenvalue weighted by Gasteiger charge is -2.32. The molecular formula is C23H25N5O3. The lowest BCUT2D eigenvalue weighted by Crippen LogP contribution is -2.42. The predicted octanol–water partition coefficient (Wildman–Crippen LogP) is 3.49. The van der Waals surface area contributed by atoms with Crippen molar-refractivity contribution in [3.05, 3.63) is 59.1 Å². The second kappa shape index (κ2) is 8.19. The standard InChI is InChI=1S/C23H25N5O3/c1-3-19-21(14(2)27-31-19)18-6-4-5-17(26-18)20-13-28(9-10-30-20)23(29)16-11-24-22(25-12-16)15-7-8-15/h4-6,11-12,15,20H,3,7-10,13H2,1-2H3/t20-/m1/s1. The number of morpholine rings is 1. The summed E-state index contributed by atoms with van der Waals surface area (Å²) in [5.41, 5.74) is 3.86. The summed E-state index contributed by atoms with van der Waals surface area (Å²) in [5, 5.41) is 4.08. The Morgan fingerprint density at radius 2 is 2.03 bits per heavy atom. The SMILES string of the molecule is CCc1onc(C)c1-c1cccc([C@H]2CN(C(=O)c3cnc(C4CC4)nc3)CCO2)n1. The van der Waals surface area contributed by atoms with Gasteiger partial charge in [0.1, 0.15) is 17.7 Å². The first-order chi connectivity index (χ1) is 15.1. The van der Waals surface area contributed by atoms with Crippen LogP contribution in [0.25, 0.3) is 11.3 Å². The molecule has 1 saturated carbocycles. The fourth-order valence-corrected chi connectivity index (χ4v) is 3.95. The van der Waals surface area contributed by atoms with E-state index in [-0.39, 0.29) is 12.0 Å². The maximum atomic E-state index is 13.0. The van der Waals surface area contributed by atoms with Crippen LogP contribution in [0.15, 0.2) is 35.1 Å². The molecule has 0 radical (unpaired) electrons. The largest absolute Gasteiger partial charge is 0.368 e. The maximum absolute atomic E-state index is 13.0. The minimum absolute atomic E-state index is 0.0741. The van der Waals surface area contributed by atoms with Crippen molar-refractivity contribution in [1.29, 1.82) is 0 Å². The van der Waals surface area contributed by atoms with Gasteiger partial charge in [0.15, 0.2) is 0 Å². The smallest absolute Gasteiger partial charge is 0.257 e. The first kappa shape index (κ1) is 19.8. The Balaban J connectivity index is 1.34. The Morgan fingerprint density at radius 3 is 2.77 bits per heavy atom. The van der Waals surface area contributed by atoms with Crippen molar-refractivity contribution in [2.24, 2.45) is 0 Å². The van der Waals surface area contributed by atoms with Crippen LogP contribution in [-0.2, 0) is 11.2 Å². The van der Waals surface area contributed by atoms with Gasteiger partial charge in [0.25, 0.3) is 5.91 Å². The Kier molecular flexibility index (Phi) is 5.23. The van der Waals surface area contributed by atoms with Crippen molar-refractivity contribution in [1.82, 2.24) is 25.0 Å². The van der Waals surface area contributed by atoms with Gasteiger partial charge in [-0.1, -0.05) is 18.1 Å². The molecule has 8 heteroatoms. The van der Waals surface area contributed by atoms with E-state index in [9.17, 15) is 4.79 Å². The molecule has 0 spiro atoms. The molecular weight excluding hydrogens is 394 g/mol. The number of nitrogens with zero attached hydrogens (tertiary/aromatic N) is 5. The number of hydrogen-bond acceptors (Lipinski definition) is 7. The molecule has 0 N–H and O–H groups in total. The van der Waals surface area contributed by atoms with Crippen molar-refractivity contribution in [3.8, 4) is 11.3 Å². The summed E-state index contributed by atoms with van der Waals surface area (Å²) in [4.78, 5) is 28.4. The molecule has 2 fully saturated rings. The summed E-state index contributed by atoms with van der Waals surface area (Å²) in [6.07, 6.45) is 6.01. The third-order valence-corrected chi connectivity index (χ3v) is 5.83. The molecule has 0 bridgehead atoms. The summed E-state index contributed by atoms with van der Waals surface area (Å²) >= 11 is 0. The third kappa shape index (κ3) is 3.95. The van der Waals surface area contributed by atoms with Crippen LogP contribution in [0, 0.1) is 6.92 Å². The minimum Gasteiger partial charge on any atom is -0.368 e. The average Bonchev–Trinajstić information content (AvgIpc) is 3.60. The number of amides is 1. The summed E-state index contributed by atoms with van der Waals surface area (Å²) in [6.45, 7) is 5.37. The average molecular weight is 419 g/mol. The number of carbonyl (C=O) groups excluding carboxylic acids is 1. The van der Waals surface area contributed by atoms with Crippen molar-refractivity contribution in [2.75, 3.05) is 19.7 Å². The molecule has 1 atom stereocenters. The highest BCUT2D eigenvalue weighted by molar-refractivity contribution is 5.93. The van der Waals surface area contributed by atoms with Gasteiger partial charge in [-0.3, -0.25) is 4.79 Å². The number of ether oxygens (including phenoxy) is 1. The van der Waals surface area contributed by atoms with Gasteiger partial charge >= 0.3 is 0 Å². The lowest BCUT2D eigenvalue weighted by atomic mass is 10.1. The lowest BCUT2D eigenvalue weighted by molar-refractivity contribution is -0.0247. The molecule has 3 aromatic heterocycles. The van der Waals surface area contributed by atoms with E-state index in [0.717, 1.165) is 53.5 Å². The molecule has 160 valence electrons. The van der Waals surface area contributed by atoms with Crippen LogP contribution >= 0.6 is 0 Å². The number of aromatic nitrogens is 4. The van der Waals surface area contributed by atoms with E-state index >= 15 is 0 Å². The molecule has 1 aliphatic carbocycles. The Labute approximate surface area is 180 Å². The number of rotatable bonds is 5. The van der Waals surface area contributed by atoms with Crippen LogP contribution in [0.3, 0.4) is 0 Å². The van der Waals surface area contributed by atoms with E-state index in [0.29, 0.717) is 31.2 Å². The Hall–Kier alpha value is -3.13. The van der Waals surface area contributed by atoms with E-state index in [1.165, 1.54) is 0 Å². The van der Waals surface area contributed by atoms with Crippen molar-refractivity contribution in [2.45, 2.75) is 45.1 Å². The number of aryl methyl sites for hydroxylation is 2. The fourth-order valence-electron chi connectivity index (χ4n) is 3.95. The topological polar surface area (TPSA) is 94.2 Å². The molecule has 2 aliphatic rings. The number of carbonyl (C=O) groups is 1. The molecule has 0 unspecified atom stereocenters. The molecule has 3 aromatic rings. The number of pyridine rings is 1. The van der Waals surface area contributed by atoms with E-state index in [4.69, 9.17) is 14.2 Å². The van der Waals surface area contributed by atoms with E-state index in [2.05, 4.69) is 15.1 Å². The first-order valence-corrected chi connectivity index (χ1v) is 10.8. The van der Waals surface area contributed by atoms with Gasteiger partial charge < -0.3 is 14.2 Å². The van der Waals surface area contributed by atoms with Gasteiger partial charge in [0, 0.05) is 31.3 Å². The molecule has 1 saturated heterocycles. The monoisotopic (exact) mass is 419 g/mol. The van der Waals surface area contributed by atoms with Gasteiger partial charge in [0.05, 0.1) is 41.4 Å². The van der Waals surface area contributed by atoms with Gasteiger partial charge in [-0.25, -0.2) is 15.0 Å². The zero-order valence-electron chi connectivity index (χ0n) is 17.7. The Bertz CT molecular complexity index is 1090. The maximum Gasteiger partial charge on any atom is 0.257 e. The van der Waals surface area contributed by atoms with Crippen LogP contribution in [0.1, 0.15) is 65.1 Å². The molecule has 8 nitrogen and oxygen atoms in total. The van der Waals surface area contributed by atoms with Crippen LogP contribution in [-0.4, -0.2) is 50.6 Å². The quantitative estimate of drug-likeness (QED) is 0.625. The van der Waals surface area contributed by atoms with E-state index in [1.54, 1.807) is 17.3 Å². The van der Waals surface area contributed by atoms with Crippen LogP contribution in [0.5, 0.6) is 0 Å². The van der Waals surface area contributed by atoms with Gasteiger partial charge in [-0.2, -0.15) is 0 Å². The van der Waals surface area contributed by atoms with Crippen molar-refractivity contribution >= 4 is 5.91 Å². The highest BCUT2D eigenvalue weighted by atomic mass is 16.5. The summed E-state index contributed by atoms with van der Waals surface area (Å²) < 4.78 is 11.4. The molecule has 5 rings (SSSR count). The minimum atomic E-state index is -0.297. The highest BCUT2D eigenvalue weighted by Crippen LogP contribution is 2.37. The summed E-state index contributed by atoms with van der Waals surface area (Å²) in [5.74, 6) is 2.05. The fraction of sp³-hybridized carbons (Fsp3) is 0.435. The van der Waals surface area contributed by atoms with Crippen LogP contribution in [0.2, 0.25) is 0 Å². The molecule has 0 aromatic carbocycles. The predicted molar refractivity (Wildman–Crippen MR) is 112 cm³/mol. The summed E-state index contributed by atoms with van der Waals surface area (Å²) in [7, 11) is 0. The first-order valence-electron chi connectivity index (χ1n) is 10.8. The zero-order valence-corrected chi connectivity index (χ0v) is 17.7. The van der Waals surface area contributed by atoms with Gasteiger partial charge in [-0.05, 0) is 31.9 Å². The van der Waals surface area contributed by atoms with Crippen LogP contribution in [0.4, 0.5) is 0 Å². The normalized spacial score (nSPS) is 18.9. The van der Waals surface area contributed by atoms with Crippen molar-refractivity contribution < 1.29 is 14.1 Å². The van der Waals surface area contributed by atoms with Gasteiger partial charge in [-0.15, -0.1) is 0 Å². The number of hydrogen-bond donors (Lipinski definition) is 0. The van der Waals surface area contributed by atoms with Crippen molar-refractivity contribution in [3.63, 3.8) is 0 Å². The zero-order chi connectivity index (χ0) is 21.4. The summed E-state index contributed by atoms with van der Waals surface area (Å²) in [6, 6.07) is 5.84. The molecule has 1 aliphatic heterocycles. The van der Waals surface area contributed by atoms with Gasteiger partial charge in [0.2, 0.25) is 0 Å². The molecule has 4 heterocycles. The second-order valence-corrected chi connectivity index (χ2v) is 8.08. The second-order valence-electron chi connectivity index (χ2n) is 8.08. The third-order valence-electron chi connectivity index (χ3n) is 5.83. The molecule has 31 heavy (non-hydrogen) atoms. The molecule has 1 amide bonds. The van der Waals surface area contributed by atoms with E-state index < -0.39 is 0 Å². The highest BCUT2D eigenvalue weighted by Gasteiger charge is 2.29.